The van der Waals surface area contributed by atoms with Crippen molar-refractivity contribution in [1.82, 2.24) is 0 Å². The molecule has 0 spiro atoms. The minimum absolute atomic E-state index is 0.390. The Morgan fingerprint density at radius 2 is 2.29 bits per heavy atom. The van der Waals surface area contributed by atoms with Crippen LogP contribution in [0.25, 0.3) is 0 Å². The maximum atomic E-state index is 10.6. The van der Waals surface area contributed by atoms with Crippen molar-refractivity contribution in [3.63, 3.8) is 0 Å². The van der Waals surface area contributed by atoms with E-state index in [0.29, 0.717) is 26.2 Å². The van der Waals surface area contributed by atoms with Crippen LogP contribution in [0, 0.1) is 0 Å². The Morgan fingerprint density at radius 3 is 2.79 bits per heavy atom. The van der Waals surface area contributed by atoms with Gasteiger partial charge in [-0.25, -0.2) is 4.79 Å². The summed E-state index contributed by atoms with van der Waals surface area (Å²) < 4.78 is 10.2. The monoisotopic (exact) mass is 202 g/mol. The molecule has 14 heavy (non-hydrogen) atoms. The molecule has 0 aromatic heterocycles. The van der Waals surface area contributed by atoms with Gasteiger partial charge in [0, 0.05) is 13.0 Å². The van der Waals surface area contributed by atoms with E-state index in [2.05, 4.69) is 0 Å². The summed E-state index contributed by atoms with van der Waals surface area (Å²) in [7, 11) is 0. The largest absolute Gasteiger partial charge is 0.479 e. The van der Waals surface area contributed by atoms with Crippen molar-refractivity contribution in [3.8, 4) is 0 Å². The summed E-state index contributed by atoms with van der Waals surface area (Å²) in [6, 6.07) is 0. The molecule has 1 N–H and O–H groups in total. The van der Waals surface area contributed by atoms with Crippen molar-refractivity contribution in [2.45, 2.75) is 26.4 Å². The Hall–Kier alpha value is -0.870. The molecule has 0 saturated heterocycles. The molecule has 82 valence electrons. The number of hydrogen-bond acceptors (Lipinski definition) is 3. The zero-order valence-electron chi connectivity index (χ0n) is 8.73. The Balaban J connectivity index is 3.55. The van der Waals surface area contributed by atoms with Crippen LogP contribution in [-0.4, -0.2) is 37.0 Å². The van der Waals surface area contributed by atoms with E-state index in [9.17, 15) is 4.79 Å². The third kappa shape index (κ3) is 6.62. The van der Waals surface area contributed by atoms with Gasteiger partial charge in [0.15, 0.2) is 6.10 Å². The highest BCUT2D eigenvalue weighted by molar-refractivity contribution is 5.72. The Kier molecular flexibility index (Phi) is 8.17. The number of carboxylic acids is 1. The molecule has 0 radical (unpaired) electrons. The summed E-state index contributed by atoms with van der Waals surface area (Å²) in [5.41, 5.74) is 0. The van der Waals surface area contributed by atoms with Gasteiger partial charge in [0.1, 0.15) is 0 Å². The van der Waals surface area contributed by atoms with Gasteiger partial charge in [0.05, 0.1) is 13.2 Å². The summed E-state index contributed by atoms with van der Waals surface area (Å²) in [5.74, 6) is -0.929. The maximum Gasteiger partial charge on any atom is 0.332 e. The summed E-state index contributed by atoms with van der Waals surface area (Å²) in [5, 5.41) is 8.71. The fourth-order valence-electron chi connectivity index (χ4n) is 0.917. The predicted octanol–water partition coefficient (Wildman–Crippen LogP) is 1.46. The van der Waals surface area contributed by atoms with E-state index in [1.165, 1.54) is 0 Å². The molecule has 4 heteroatoms. The molecule has 0 aliphatic rings. The first kappa shape index (κ1) is 13.1. The number of aliphatic carboxylic acids is 1. The van der Waals surface area contributed by atoms with Gasteiger partial charge in [-0.15, -0.1) is 0 Å². The number of ether oxygens (including phenoxy) is 2. The molecular formula is C10H18O4. The molecular weight excluding hydrogens is 184 g/mol. The Labute approximate surface area is 84.5 Å². The van der Waals surface area contributed by atoms with E-state index in [1.807, 2.05) is 19.1 Å². The first-order valence-electron chi connectivity index (χ1n) is 4.75. The minimum Gasteiger partial charge on any atom is -0.479 e. The van der Waals surface area contributed by atoms with Crippen LogP contribution in [0.3, 0.4) is 0 Å². The third-order valence-corrected chi connectivity index (χ3v) is 1.62. The van der Waals surface area contributed by atoms with Gasteiger partial charge in [0.25, 0.3) is 0 Å². The lowest BCUT2D eigenvalue weighted by molar-refractivity contribution is -0.151. The molecule has 1 unspecified atom stereocenters. The highest BCUT2D eigenvalue weighted by atomic mass is 16.5. The summed E-state index contributed by atoms with van der Waals surface area (Å²) in [6.07, 6.45) is 3.40. The zero-order valence-corrected chi connectivity index (χ0v) is 8.73. The van der Waals surface area contributed by atoms with Crippen molar-refractivity contribution in [1.29, 1.82) is 0 Å². The van der Waals surface area contributed by atoms with Gasteiger partial charge in [-0.2, -0.15) is 0 Å². The summed E-state index contributed by atoms with van der Waals surface area (Å²) in [4.78, 5) is 10.6. The highest BCUT2D eigenvalue weighted by Crippen LogP contribution is 1.99. The van der Waals surface area contributed by atoms with Crippen LogP contribution < -0.4 is 0 Å². The minimum atomic E-state index is -0.929. The average Bonchev–Trinajstić information content (AvgIpc) is 2.15. The van der Waals surface area contributed by atoms with Crippen molar-refractivity contribution in [2.75, 3.05) is 19.8 Å². The lowest BCUT2D eigenvalue weighted by atomic mass is 10.2. The second kappa shape index (κ2) is 8.72. The molecule has 1 atom stereocenters. The summed E-state index contributed by atoms with van der Waals surface area (Å²) >= 11 is 0. The van der Waals surface area contributed by atoms with Gasteiger partial charge in [-0.05, 0) is 13.8 Å². The second-order valence-corrected chi connectivity index (χ2v) is 2.71. The normalized spacial score (nSPS) is 13.3. The fraction of sp³-hybridized carbons (Fsp3) is 0.700. The van der Waals surface area contributed by atoms with E-state index >= 15 is 0 Å². The molecule has 0 aromatic rings. The van der Waals surface area contributed by atoms with E-state index in [-0.39, 0.29) is 0 Å². The smallest absolute Gasteiger partial charge is 0.332 e. The first-order chi connectivity index (χ1) is 6.72. The van der Waals surface area contributed by atoms with Crippen molar-refractivity contribution in [3.05, 3.63) is 12.2 Å². The molecule has 0 aliphatic carbocycles. The SMILES string of the molecule is CC=CCOCCC(OCC)C(=O)O. The van der Waals surface area contributed by atoms with E-state index < -0.39 is 12.1 Å². The second-order valence-electron chi connectivity index (χ2n) is 2.71. The topological polar surface area (TPSA) is 55.8 Å². The van der Waals surface area contributed by atoms with Crippen molar-refractivity contribution < 1.29 is 19.4 Å². The van der Waals surface area contributed by atoms with Crippen molar-refractivity contribution in [2.24, 2.45) is 0 Å². The molecule has 0 rings (SSSR count). The third-order valence-electron chi connectivity index (χ3n) is 1.62. The Bertz CT molecular complexity index is 177. The quantitative estimate of drug-likeness (QED) is 0.478. The standard InChI is InChI=1S/C10H18O4/c1-3-5-7-13-8-6-9(10(11)12)14-4-2/h3,5,9H,4,6-8H2,1-2H3,(H,11,12). The molecule has 0 bridgehead atoms. The lowest BCUT2D eigenvalue weighted by Crippen LogP contribution is -2.25. The molecule has 0 fully saturated rings. The first-order valence-corrected chi connectivity index (χ1v) is 4.75. The number of rotatable bonds is 8. The van der Waals surface area contributed by atoms with Crippen LogP contribution in [0.5, 0.6) is 0 Å². The molecule has 0 amide bonds. The number of carboxylic acid groups (broad SMARTS) is 1. The van der Waals surface area contributed by atoms with E-state index in [1.54, 1.807) is 6.92 Å². The van der Waals surface area contributed by atoms with Crippen LogP contribution in [0.1, 0.15) is 20.3 Å². The predicted molar refractivity (Wildman–Crippen MR) is 53.3 cm³/mol. The van der Waals surface area contributed by atoms with Crippen LogP contribution in [-0.2, 0) is 14.3 Å². The maximum absolute atomic E-state index is 10.6. The lowest BCUT2D eigenvalue weighted by Gasteiger charge is -2.11. The van der Waals surface area contributed by atoms with Crippen LogP contribution in [0.4, 0.5) is 0 Å². The fourth-order valence-corrected chi connectivity index (χ4v) is 0.917. The van der Waals surface area contributed by atoms with Gasteiger partial charge >= 0.3 is 5.97 Å². The van der Waals surface area contributed by atoms with Gasteiger partial charge in [-0.1, -0.05) is 12.2 Å². The molecule has 0 heterocycles. The number of hydrogen-bond donors (Lipinski definition) is 1. The number of carbonyl (C=O) groups is 1. The number of allylic oxidation sites excluding steroid dienone is 1. The molecule has 0 aliphatic heterocycles. The molecule has 4 nitrogen and oxygen atoms in total. The molecule has 0 saturated carbocycles. The van der Waals surface area contributed by atoms with Crippen molar-refractivity contribution >= 4 is 5.97 Å². The highest BCUT2D eigenvalue weighted by Gasteiger charge is 2.16. The average molecular weight is 202 g/mol. The zero-order chi connectivity index (χ0) is 10.8. The van der Waals surface area contributed by atoms with E-state index in [4.69, 9.17) is 14.6 Å². The van der Waals surface area contributed by atoms with Gasteiger partial charge in [-0.3, -0.25) is 0 Å². The van der Waals surface area contributed by atoms with Crippen LogP contribution in [0.15, 0.2) is 12.2 Å². The Morgan fingerprint density at radius 1 is 1.57 bits per heavy atom. The van der Waals surface area contributed by atoms with Gasteiger partial charge in [0.2, 0.25) is 0 Å². The van der Waals surface area contributed by atoms with Gasteiger partial charge < -0.3 is 14.6 Å². The van der Waals surface area contributed by atoms with E-state index in [0.717, 1.165) is 0 Å². The van der Waals surface area contributed by atoms with Crippen LogP contribution in [0.2, 0.25) is 0 Å². The molecule has 0 aromatic carbocycles. The van der Waals surface area contributed by atoms with Crippen LogP contribution >= 0.6 is 0 Å². The summed E-state index contributed by atoms with van der Waals surface area (Å²) in [6.45, 7) is 5.02.